The van der Waals surface area contributed by atoms with Crippen LogP contribution in [0.2, 0.25) is 5.02 Å². The Morgan fingerprint density at radius 1 is 1.10 bits per heavy atom. The van der Waals surface area contributed by atoms with Crippen LogP contribution in [0.15, 0.2) is 47.4 Å². The van der Waals surface area contributed by atoms with Gasteiger partial charge < -0.3 is 14.2 Å². The Morgan fingerprint density at radius 2 is 1.80 bits per heavy atom. The van der Waals surface area contributed by atoms with Crippen molar-refractivity contribution in [2.45, 2.75) is 69.9 Å². The zero-order chi connectivity index (χ0) is 28.6. The van der Waals surface area contributed by atoms with E-state index < -0.39 is 10.0 Å². The monoisotopic (exact) mass is 585 g/mol. The van der Waals surface area contributed by atoms with Gasteiger partial charge in [-0.15, -0.1) is 0 Å². The van der Waals surface area contributed by atoms with Gasteiger partial charge >= 0.3 is 0 Å². The molecule has 216 valence electrons. The van der Waals surface area contributed by atoms with Crippen LogP contribution < -0.4 is 4.72 Å². The highest BCUT2D eigenvalue weighted by molar-refractivity contribution is 7.89. The van der Waals surface area contributed by atoms with E-state index in [2.05, 4.69) is 49.8 Å². The van der Waals surface area contributed by atoms with Crippen LogP contribution in [0.4, 0.5) is 0 Å². The van der Waals surface area contributed by atoms with Gasteiger partial charge in [0.25, 0.3) is 0 Å². The molecule has 40 heavy (non-hydrogen) atoms. The smallest absolute Gasteiger partial charge is 0.240 e. The van der Waals surface area contributed by atoms with Gasteiger partial charge in [-0.25, -0.2) is 13.1 Å². The van der Waals surface area contributed by atoms with E-state index in [0.717, 1.165) is 28.6 Å². The molecule has 2 aliphatic rings. The number of nitrogens with one attached hydrogen (secondary N) is 1. The predicted molar refractivity (Wildman–Crippen MR) is 160 cm³/mol. The van der Waals surface area contributed by atoms with Crippen molar-refractivity contribution < 1.29 is 17.9 Å². The van der Waals surface area contributed by atoms with Crippen LogP contribution in [-0.2, 0) is 33.0 Å². The standard InChI is InChI=1S/C31H40ClN3O4S/c1-5-21-6-8-22(9-7-21)30-29(32)26-15-14-25(18-27(26)34(30)4)40(37,38)33-24-12-10-23(11-13-24)31(36)35-16-17-39-19-28(35)20(2)3/h6-9,14-15,18,20,23-24,28,33H,5,10-13,16-17,19H2,1-4H3/t23-,24-,28-/m1/s1. The second-order valence-electron chi connectivity index (χ2n) is 11.5. The molecule has 1 saturated heterocycles. The highest BCUT2D eigenvalue weighted by Gasteiger charge is 2.36. The summed E-state index contributed by atoms with van der Waals surface area (Å²) in [7, 11) is -1.83. The highest BCUT2D eigenvalue weighted by atomic mass is 35.5. The molecular weight excluding hydrogens is 546 g/mol. The number of hydrogen-bond acceptors (Lipinski definition) is 4. The minimum atomic E-state index is -3.74. The number of morpholine rings is 1. The Bertz CT molecular complexity index is 1470. The van der Waals surface area contributed by atoms with Crippen molar-refractivity contribution >= 4 is 38.4 Å². The number of ether oxygens (including phenoxy) is 1. The molecule has 3 aromatic rings. The molecule has 2 fully saturated rings. The lowest BCUT2D eigenvalue weighted by Gasteiger charge is -2.41. The third-order valence-corrected chi connectivity index (χ3v) is 10.6. The van der Waals surface area contributed by atoms with Crippen LogP contribution in [0, 0.1) is 11.8 Å². The number of sulfonamides is 1. The highest BCUT2D eigenvalue weighted by Crippen LogP contribution is 2.38. The molecule has 1 N–H and O–H groups in total. The fraction of sp³-hybridized carbons (Fsp3) is 0.516. The quantitative estimate of drug-likeness (QED) is 0.381. The summed E-state index contributed by atoms with van der Waals surface area (Å²) >= 11 is 6.79. The maximum Gasteiger partial charge on any atom is 0.240 e. The molecule has 1 aliphatic carbocycles. The minimum absolute atomic E-state index is 0.0632. The Kier molecular flexibility index (Phi) is 8.62. The number of carbonyl (C=O) groups excluding carboxylic acids is 1. The van der Waals surface area contributed by atoms with Gasteiger partial charge in [-0.1, -0.05) is 56.6 Å². The van der Waals surface area contributed by atoms with Gasteiger partial charge in [0.1, 0.15) is 0 Å². The van der Waals surface area contributed by atoms with Crippen molar-refractivity contribution in [3.63, 3.8) is 0 Å². The van der Waals surface area contributed by atoms with Crippen molar-refractivity contribution in [2.24, 2.45) is 18.9 Å². The average molecular weight is 586 g/mol. The largest absolute Gasteiger partial charge is 0.377 e. The van der Waals surface area contributed by atoms with Gasteiger partial charge in [0.05, 0.1) is 40.4 Å². The SMILES string of the molecule is CCc1ccc(-c2c(Cl)c3ccc(S(=O)(=O)N[C@H]4CC[C@H](C(=O)N5CCOC[C@@H]5C(C)C)CC4)cc3n2C)cc1. The third kappa shape index (κ3) is 5.69. The Balaban J connectivity index is 1.28. The number of hydrogen-bond donors (Lipinski definition) is 1. The number of carbonyl (C=O) groups is 1. The van der Waals surface area contributed by atoms with Crippen LogP contribution >= 0.6 is 11.6 Å². The van der Waals surface area contributed by atoms with Crippen LogP contribution in [0.3, 0.4) is 0 Å². The molecule has 0 bridgehead atoms. The van der Waals surface area contributed by atoms with Crippen molar-refractivity contribution in [1.29, 1.82) is 0 Å². The second kappa shape index (κ2) is 11.8. The molecule has 1 atom stereocenters. The third-order valence-electron chi connectivity index (χ3n) is 8.67. The fourth-order valence-corrected chi connectivity index (χ4v) is 7.90. The van der Waals surface area contributed by atoms with Crippen molar-refractivity contribution in [3.8, 4) is 11.3 Å². The molecule has 5 rings (SSSR count). The number of rotatable bonds is 7. The maximum atomic E-state index is 13.4. The number of benzene rings is 2. The zero-order valence-electron chi connectivity index (χ0n) is 23.8. The van der Waals surface area contributed by atoms with Gasteiger partial charge in [-0.05, 0) is 67.3 Å². The molecule has 1 amide bonds. The first-order valence-corrected chi connectivity index (χ1v) is 16.2. The predicted octanol–water partition coefficient (Wildman–Crippen LogP) is 5.78. The van der Waals surface area contributed by atoms with E-state index in [9.17, 15) is 13.2 Å². The zero-order valence-corrected chi connectivity index (χ0v) is 25.4. The summed E-state index contributed by atoms with van der Waals surface area (Å²) in [5, 5.41) is 1.43. The molecule has 9 heteroatoms. The van der Waals surface area contributed by atoms with Crippen LogP contribution in [0.5, 0.6) is 0 Å². The summed E-state index contributed by atoms with van der Waals surface area (Å²) in [5.41, 5.74) is 3.87. The lowest BCUT2D eigenvalue weighted by Crippen LogP contribution is -2.53. The Labute approximate surface area is 242 Å². The van der Waals surface area contributed by atoms with Gasteiger partial charge in [-0.3, -0.25) is 4.79 Å². The number of fused-ring (bicyclic) bond motifs is 1. The first kappa shape index (κ1) is 29.1. The van der Waals surface area contributed by atoms with E-state index in [1.54, 1.807) is 18.2 Å². The van der Waals surface area contributed by atoms with Crippen LogP contribution in [-0.4, -0.2) is 55.6 Å². The summed E-state index contributed by atoms with van der Waals surface area (Å²) in [6.07, 6.45) is 3.61. The van der Waals surface area contributed by atoms with E-state index in [-0.39, 0.29) is 28.8 Å². The molecule has 2 heterocycles. The Hall–Kier alpha value is -2.39. The van der Waals surface area contributed by atoms with Gasteiger partial charge in [0.2, 0.25) is 15.9 Å². The van der Waals surface area contributed by atoms with Crippen LogP contribution in [0.25, 0.3) is 22.2 Å². The molecular formula is C31H40ClN3O4S. The summed E-state index contributed by atoms with van der Waals surface area (Å²) in [4.78, 5) is 15.5. The summed E-state index contributed by atoms with van der Waals surface area (Å²) in [6.45, 7) is 8.15. The average Bonchev–Trinajstić information content (AvgIpc) is 3.21. The van der Waals surface area contributed by atoms with Crippen molar-refractivity contribution in [2.75, 3.05) is 19.8 Å². The molecule has 1 aliphatic heterocycles. The fourth-order valence-electron chi connectivity index (χ4n) is 6.18. The van der Waals surface area contributed by atoms with Gasteiger partial charge in [-0.2, -0.15) is 0 Å². The maximum absolute atomic E-state index is 13.4. The minimum Gasteiger partial charge on any atom is -0.377 e. The second-order valence-corrected chi connectivity index (χ2v) is 13.6. The van der Waals surface area contributed by atoms with Gasteiger partial charge in [0, 0.05) is 30.9 Å². The van der Waals surface area contributed by atoms with E-state index in [1.807, 2.05) is 16.5 Å². The molecule has 2 aromatic carbocycles. The first-order chi connectivity index (χ1) is 19.1. The number of amides is 1. The summed E-state index contributed by atoms with van der Waals surface area (Å²) in [5.74, 6) is 0.461. The van der Waals surface area contributed by atoms with Crippen molar-refractivity contribution in [3.05, 3.63) is 53.1 Å². The van der Waals surface area contributed by atoms with Crippen LogP contribution in [0.1, 0.15) is 52.0 Å². The summed E-state index contributed by atoms with van der Waals surface area (Å²) in [6, 6.07) is 13.3. The number of nitrogens with zero attached hydrogens (tertiary/aromatic N) is 2. The number of halogens is 1. The summed E-state index contributed by atoms with van der Waals surface area (Å²) < 4.78 is 37.3. The number of aryl methyl sites for hydroxylation is 2. The normalized spacial score (nSPS) is 22.2. The molecule has 0 radical (unpaired) electrons. The molecule has 1 saturated carbocycles. The molecule has 7 nitrogen and oxygen atoms in total. The molecule has 0 unspecified atom stereocenters. The van der Waals surface area contributed by atoms with E-state index in [0.29, 0.717) is 56.4 Å². The first-order valence-electron chi connectivity index (χ1n) is 14.4. The lowest BCUT2D eigenvalue weighted by atomic mass is 9.85. The lowest BCUT2D eigenvalue weighted by molar-refractivity contribution is -0.147. The topological polar surface area (TPSA) is 80.6 Å². The van der Waals surface area contributed by atoms with Crippen molar-refractivity contribution in [1.82, 2.24) is 14.2 Å². The van der Waals surface area contributed by atoms with E-state index >= 15 is 0 Å². The Morgan fingerprint density at radius 3 is 2.45 bits per heavy atom. The van der Waals surface area contributed by atoms with E-state index in [4.69, 9.17) is 16.3 Å². The van der Waals surface area contributed by atoms with Gasteiger partial charge in [0.15, 0.2) is 0 Å². The molecule has 1 aromatic heterocycles. The molecule has 0 spiro atoms. The number of aromatic nitrogens is 1. The van der Waals surface area contributed by atoms with E-state index in [1.165, 1.54) is 5.56 Å².